The molecule has 0 radical (unpaired) electrons. The fourth-order valence-corrected chi connectivity index (χ4v) is 1.89. The molecule has 1 fully saturated rings. The molecule has 0 bridgehead atoms. The standard InChI is InChI=1S/C10H18O2/c1-2-9(11)10(12)8-6-4-3-5-7-8/h2,8-12H,1,3-7H2/t9-,10+/m0/s1. The Balaban J connectivity index is 2.38. The van der Waals surface area contributed by atoms with Gasteiger partial charge in [0.1, 0.15) is 0 Å². The van der Waals surface area contributed by atoms with Crippen molar-refractivity contribution in [1.82, 2.24) is 0 Å². The third kappa shape index (κ3) is 2.32. The van der Waals surface area contributed by atoms with Crippen molar-refractivity contribution >= 4 is 0 Å². The highest BCUT2D eigenvalue weighted by Gasteiger charge is 2.25. The quantitative estimate of drug-likeness (QED) is 0.630. The first-order chi connectivity index (χ1) is 5.75. The van der Waals surface area contributed by atoms with Crippen LogP contribution >= 0.6 is 0 Å². The van der Waals surface area contributed by atoms with Gasteiger partial charge < -0.3 is 10.2 Å². The molecule has 0 aromatic rings. The van der Waals surface area contributed by atoms with Crippen LogP contribution in [0.3, 0.4) is 0 Å². The lowest BCUT2D eigenvalue weighted by Crippen LogP contribution is -2.33. The van der Waals surface area contributed by atoms with Crippen molar-refractivity contribution in [2.75, 3.05) is 0 Å². The van der Waals surface area contributed by atoms with Gasteiger partial charge in [-0.2, -0.15) is 0 Å². The Morgan fingerprint density at radius 2 is 1.75 bits per heavy atom. The average molecular weight is 170 g/mol. The van der Waals surface area contributed by atoms with Crippen molar-refractivity contribution in [1.29, 1.82) is 0 Å². The molecule has 0 saturated heterocycles. The number of hydrogen-bond acceptors (Lipinski definition) is 2. The van der Waals surface area contributed by atoms with Crippen LogP contribution in [0.25, 0.3) is 0 Å². The first kappa shape index (κ1) is 9.75. The normalized spacial score (nSPS) is 24.8. The maximum Gasteiger partial charge on any atom is 0.0980 e. The van der Waals surface area contributed by atoms with E-state index in [2.05, 4.69) is 6.58 Å². The number of hydrogen-bond donors (Lipinski definition) is 2. The monoisotopic (exact) mass is 170 g/mol. The van der Waals surface area contributed by atoms with E-state index in [1.807, 2.05) is 0 Å². The second-order valence-corrected chi connectivity index (χ2v) is 3.61. The second-order valence-electron chi connectivity index (χ2n) is 3.61. The fraction of sp³-hybridized carbons (Fsp3) is 0.800. The fourth-order valence-electron chi connectivity index (χ4n) is 1.89. The van der Waals surface area contributed by atoms with Crippen LogP contribution in [-0.2, 0) is 0 Å². The van der Waals surface area contributed by atoms with Crippen LogP contribution in [0.1, 0.15) is 32.1 Å². The molecule has 12 heavy (non-hydrogen) atoms. The minimum atomic E-state index is -0.743. The predicted molar refractivity (Wildman–Crippen MR) is 48.8 cm³/mol. The molecule has 0 spiro atoms. The van der Waals surface area contributed by atoms with E-state index >= 15 is 0 Å². The van der Waals surface area contributed by atoms with Gasteiger partial charge in [-0.05, 0) is 18.8 Å². The third-order valence-corrected chi connectivity index (χ3v) is 2.72. The summed E-state index contributed by atoms with van der Waals surface area (Å²) in [6.45, 7) is 3.47. The minimum absolute atomic E-state index is 0.284. The zero-order valence-electron chi connectivity index (χ0n) is 7.45. The summed E-state index contributed by atoms with van der Waals surface area (Å²) in [5.41, 5.74) is 0. The van der Waals surface area contributed by atoms with Gasteiger partial charge in [0.25, 0.3) is 0 Å². The summed E-state index contributed by atoms with van der Waals surface area (Å²) in [7, 11) is 0. The molecule has 0 aromatic carbocycles. The highest BCUT2D eigenvalue weighted by Crippen LogP contribution is 2.27. The molecule has 2 atom stereocenters. The molecule has 2 N–H and O–H groups in total. The van der Waals surface area contributed by atoms with Gasteiger partial charge in [-0.15, -0.1) is 6.58 Å². The Hall–Kier alpha value is -0.340. The van der Waals surface area contributed by atoms with E-state index in [0.29, 0.717) is 0 Å². The molecule has 1 saturated carbocycles. The Labute approximate surface area is 73.9 Å². The highest BCUT2D eigenvalue weighted by atomic mass is 16.3. The van der Waals surface area contributed by atoms with Crippen molar-refractivity contribution in [3.63, 3.8) is 0 Å². The lowest BCUT2D eigenvalue weighted by molar-refractivity contribution is -0.00356. The summed E-state index contributed by atoms with van der Waals surface area (Å²) in [5.74, 6) is 0.284. The van der Waals surface area contributed by atoms with E-state index in [1.54, 1.807) is 0 Å². The van der Waals surface area contributed by atoms with E-state index in [1.165, 1.54) is 25.3 Å². The Bertz CT molecular complexity index is 139. The number of aliphatic hydroxyl groups is 2. The summed E-state index contributed by atoms with van der Waals surface area (Å²) in [4.78, 5) is 0. The van der Waals surface area contributed by atoms with E-state index in [-0.39, 0.29) is 5.92 Å². The lowest BCUT2D eigenvalue weighted by Gasteiger charge is -2.28. The van der Waals surface area contributed by atoms with Crippen LogP contribution in [0.2, 0.25) is 0 Å². The van der Waals surface area contributed by atoms with Crippen molar-refractivity contribution < 1.29 is 10.2 Å². The largest absolute Gasteiger partial charge is 0.390 e. The van der Waals surface area contributed by atoms with Crippen LogP contribution < -0.4 is 0 Å². The highest BCUT2D eigenvalue weighted by molar-refractivity contribution is 4.88. The average Bonchev–Trinajstić information content (AvgIpc) is 2.17. The molecule has 1 rings (SSSR count). The van der Waals surface area contributed by atoms with Crippen LogP contribution in [0.4, 0.5) is 0 Å². The summed E-state index contributed by atoms with van der Waals surface area (Å²) in [6, 6.07) is 0. The Morgan fingerprint density at radius 3 is 2.25 bits per heavy atom. The van der Waals surface area contributed by atoms with E-state index in [9.17, 15) is 10.2 Å². The number of aliphatic hydroxyl groups excluding tert-OH is 2. The zero-order chi connectivity index (χ0) is 8.97. The molecule has 70 valence electrons. The van der Waals surface area contributed by atoms with Gasteiger partial charge in [-0.25, -0.2) is 0 Å². The topological polar surface area (TPSA) is 40.5 Å². The van der Waals surface area contributed by atoms with E-state index in [0.717, 1.165) is 12.8 Å². The summed E-state index contributed by atoms with van der Waals surface area (Å²) < 4.78 is 0. The molecule has 0 unspecified atom stereocenters. The van der Waals surface area contributed by atoms with Gasteiger partial charge in [0.15, 0.2) is 0 Å². The van der Waals surface area contributed by atoms with Crippen molar-refractivity contribution in [3.05, 3.63) is 12.7 Å². The van der Waals surface area contributed by atoms with Gasteiger partial charge in [-0.3, -0.25) is 0 Å². The van der Waals surface area contributed by atoms with Crippen LogP contribution in [0, 0.1) is 5.92 Å². The molecular formula is C10H18O2. The van der Waals surface area contributed by atoms with Gasteiger partial charge >= 0.3 is 0 Å². The third-order valence-electron chi connectivity index (χ3n) is 2.72. The summed E-state index contributed by atoms with van der Waals surface area (Å²) >= 11 is 0. The predicted octanol–water partition coefficient (Wildman–Crippen LogP) is 1.47. The van der Waals surface area contributed by atoms with Crippen molar-refractivity contribution in [3.8, 4) is 0 Å². The molecule has 0 amide bonds. The Morgan fingerprint density at radius 1 is 1.17 bits per heavy atom. The summed E-state index contributed by atoms with van der Waals surface area (Å²) in [5, 5.41) is 18.9. The van der Waals surface area contributed by atoms with E-state index in [4.69, 9.17) is 0 Å². The summed E-state index contributed by atoms with van der Waals surface area (Å²) in [6.07, 6.45) is 5.82. The first-order valence-electron chi connectivity index (χ1n) is 4.74. The molecular weight excluding hydrogens is 152 g/mol. The van der Waals surface area contributed by atoms with Gasteiger partial charge in [0.2, 0.25) is 0 Å². The van der Waals surface area contributed by atoms with Gasteiger partial charge in [0.05, 0.1) is 12.2 Å². The van der Waals surface area contributed by atoms with Crippen LogP contribution in [0.15, 0.2) is 12.7 Å². The smallest absolute Gasteiger partial charge is 0.0980 e. The Kier molecular flexibility index (Phi) is 3.76. The van der Waals surface area contributed by atoms with E-state index < -0.39 is 12.2 Å². The molecule has 2 nitrogen and oxygen atoms in total. The molecule has 0 heterocycles. The minimum Gasteiger partial charge on any atom is -0.390 e. The molecule has 1 aliphatic rings. The molecule has 0 aromatic heterocycles. The molecule has 0 aliphatic heterocycles. The maximum atomic E-state index is 9.62. The van der Waals surface area contributed by atoms with Gasteiger partial charge in [-0.1, -0.05) is 25.3 Å². The van der Waals surface area contributed by atoms with Crippen molar-refractivity contribution in [2.45, 2.75) is 44.3 Å². The number of rotatable bonds is 3. The lowest BCUT2D eigenvalue weighted by atomic mass is 9.83. The van der Waals surface area contributed by atoms with Gasteiger partial charge in [0, 0.05) is 0 Å². The zero-order valence-corrected chi connectivity index (χ0v) is 7.45. The first-order valence-corrected chi connectivity index (χ1v) is 4.74. The molecule has 1 aliphatic carbocycles. The SMILES string of the molecule is C=C[C@H](O)[C@H](O)C1CCCCC1. The molecule has 2 heteroatoms. The maximum absolute atomic E-state index is 9.62. The van der Waals surface area contributed by atoms with Crippen LogP contribution in [0.5, 0.6) is 0 Å². The van der Waals surface area contributed by atoms with Crippen molar-refractivity contribution in [2.24, 2.45) is 5.92 Å². The van der Waals surface area contributed by atoms with Crippen LogP contribution in [-0.4, -0.2) is 22.4 Å². The second kappa shape index (κ2) is 4.63.